The molecule has 0 saturated heterocycles. The van der Waals surface area contributed by atoms with Gasteiger partial charge in [0.05, 0.1) is 5.69 Å². The van der Waals surface area contributed by atoms with Gasteiger partial charge in [-0.25, -0.2) is 0 Å². The van der Waals surface area contributed by atoms with E-state index in [4.69, 9.17) is 5.73 Å². The summed E-state index contributed by atoms with van der Waals surface area (Å²) in [7, 11) is 0. The van der Waals surface area contributed by atoms with E-state index in [0.717, 1.165) is 30.7 Å². The van der Waals surface area contributed by atoms with Crippen molar-refractivity contribution in [1.29, 1.82) is 0 Å². The molecule has 0 aromatic carbocycles. The molecule has 1 aliphatic rings. The first-order valence-electron chi connectivity index (χ1n) is 3.89. The van der Waals surface area contributed by atoms with Gasteiger partial charge in [-0.1, -0.05) is 12.5 Å². The van der Waals surface area contributed by atoms with Crippen molar-refractivity contribution in [3.8, 4) is 0 Å². The van der Waals surface area contributed by atoms with E-state index >= 15 is 0 Å². The predicted octanol–water partition coefficient (Wildman–Crippen LogP) is 1.91. The summed E-state index contributed by atoms with van der Waals surface area (Å²) in [4.78, 5) is 8.34. The van der Waals surface area contributed by atoms with Crippen LogP contribution in [0.4, 0.5) is 0 Å². The van der Waals surface area contributed by atoms with Crippen molar-refractivity contribution in [3.05, 3.63) is 29.5 Å². The molecule has 1 aromatic rings. The van der Waals surface area contributed by atoms with Gasteiger partial charge in [0.1, 0.15) is 0 Å². The summed E-state index contributed by atoms with van der Waals surface area (Å²) in [5.74, 6) is 0. The molecule has 1 radical (unpaired) electrons. The fourth-order valence-corrected chi connectivity index (χ4v) is 1.47. The van der Waals surface area contributed by atoms with Gasteiger partial charge >= 0.3 is 0 Å². The minimum absolute atomic E-state index is 0. The molecule has 0 fully saturated rings. The van der Waals surface area contributed by atoms with Crippen molar-refractivity contribution in [1.82, 2.24) is 9.97 Å². The number of hydrogen-bond acceptors (Lipinski definition) is 2. The van der Waals surface area contributed by atoms with Crippen LogP contribution in [0.25, 0.3) is 5.73 Å². The Morgan fingerprint density at radius 2 is 2.08 bits per heavy atom. The number of fused-ring (bicyclic) bond motifs is 1. The summed E-state index contributed by atoms with van der Waals surface area (Å²) in [6.45, 7) is 0. The van der Waals surface area contributed by atoms with Crippen LogP contribution in [0.2, 0.25) is 0 Å². The number of aromatic nitrogens is 2. The molecule has 1 aromatic heterocycles. The second kappa shape index (κ2) is 4.64. The van der Waals surface area contributed by atoms with Crippen LogP contribution < -0.4 is 0 Å². The van der Waals surface area contributed by atoms with Crippen LogP contribution >= 0.6 is 0 Å². The Morgan fingerprint density at radius 1 is 1.33 bits per heavy atom. The van der Waals surface area contributed by atoms with E-state index in [9.17, 15) is 0 Å². The molecule has 1 N–H and O–H groups in total. The van der Waals surface area contributed by atoms with Crippen LogP contribution in [0.15, 0.2) is 12.4 Å². The molecule has 0 bridgehead atoms. The zero-order chi connectivity index (χ0) is 7.68. The molecule has 0 amide bonds. The normalized spacial score (nSPS) is 20.9. The van der Waals surface area contributed by atoms with Crippen LogP contribution in [0.3, 0.4) is 0 Å². The molecule has 1 aliphatic carbocycles. The summed E-state index contributed by atoms with van der Waals surface area (Å²) in [6.07, 6.45) is 6.40. The third-order valence-corrected chi connectivity index (χ3v) is 2.04. The van der Waals surface area contributed by atoms with Gasteiger partial charge in [-0.3, -0.25) is 9.97 Å². The molecule has 12 heavy (non-hydrogen) atoms. The first-order valence-corrected chi connectivity index (χ1v) is 3.89. The van der Waals surface area contributed by atoms with E-state index in [1.54, 1.807) is 12.4 Å². The van der Waals surface area contributed by atoms with Crippen molar-refractivity contribution >= 4 is 0 Å². The molecular formula is C8H10AcN3-. The predicted molar refractivity (Wildman–Crippen MR) is 42.0 cm³/mol. The first kappa shape index (κ1) is 10.6. The summed E-state index contributed by atoms with van der Waals surface area (Å²) in [6, 6.07) is -0.132. The van der Waals surface area contributed by atoms with Crippen LogP contribution in [-0.2, 0) is 6.42 Å². The molecule has 0 spiro atoms. The van der Waals surface area contributed by atoms with Crippen molar-refractivity contribution in [2.75, 3.05) is 0 Å². The third-order valence-electron chi connectivity index (χ3n) is 2.04. The monoisotopic (exact) mass is 375 g/mol. The van der Waals surface area contributed by atoms with Gasteiger partial charge < -0.3 is 5.73 Å². The Balaban J connectivity index is 0.000000720. The Kier molecular flexibility index (Phi) is 4.09. The smallest absolute Gasteiger partial charge is 0.0603 e. The second-order valence-corrected chi connectivity index (χ2v) is 2.83. The maximum atomic E-state index is 7.65. The molecular weight excluding hydrogens is 365 g/mol. The zero-order valence-corrected chi connectivity index (χ0v) is 11.6. The Hall–Kier alpha value is 0.482. The molecule has 1 heterocycles. The molecule has 1 atom stereocenters. The quantitative estimate of drug-likeness (QED) is 0.696. The average Bonchev–Trinajstić information content (AvgIpc) is 2.06. The molecule has 0 unspecified atom stereocenters. The standard InChI is InChI=1S/C8H10N3.Ac/c9-6-2-1-3-7-8(6)11-5-4-10-7;/h4-6,9H,1-3H2;/q-1;/t6-;/m1./s1. The average molecular weight is 375 g/mol. The van der Waals surface area contributed by atoms with Crippen molar-refractivity contribution in [2.45, 2.75) is 25.3 Å². The maximum Gasteiger partial charge on any atom is 0.0603 e. The minimum Gasteiger partial charge on any atom is -0.670 e. The maximum absolute atomic E-state index is 7.65. The summed E-state index contributed by atoms with van der Waals surface area (Å²) >= 11 is 0. The van der Waals surface area contributed by atoms with Crippen molar-refractivity contribution < 1.29 is 44.1 Å². The minimum atomic E-state index is -0.132. The van der Waals surface area contributed by atoms with Gasteiger partial charge in [0, 0.05) is 62.2 Å². The van der Waals surface area contributed by atoms with E-state index in [1.165, 1.54) is 0 Å². The molecule has 2 rings (SSSR count). The first-order chi connectivity index (χ1) is 5.38. The largest absolute Gasteiger partial charge is 0.670 e. The number of rotatable bonds is 0. The number of aryl methyl sites for hydroxylation is 1. The van der Waals surface area contributed by atoms with Crippen molar-refractivity contribution in [3.63, 3.8) is 0 Å². The van der Waals surface area contributed by atoms with E-state index < -0.39 is 0 Å². The van der Waals surface area contributed by atoms with E-state index in [1.807, 2.05) is 0 Å². The van der Waals surface area contributed by atoms with Gasteiger partial charge in [-0.05, 0) is 12.8 Å². The molecule has 61 valence electrons. The zero-order valence-electron chi connectivity index (χ0n) is 6.83. The summed E-state index contributed by atoms with van der Waals surface area (Å²) in [5, 5.41) is 0. The van der Waals surface area contributed by atoms with Gasteiger partial charge in [0.25, 0.3) is 0 Å². The summed E-state index contributed by atoms with van der Waals surface area (Å²) in [5.41, 5.74) is 9.57. The molecule has 3 nitrogen and oxygen atoms in total. The fourth-order valence-electron chi connectivity index (χ4n) is 1.47. The Bertz CT molecular complexity index is 264. The molecule has 4 heteroatoms. The Labute approximate surface area is 108 Å². The van der Waals surface area contributed by atoms with Gasteiger partial charge in [0.15, 0.2) is 0 Å². The van der Waals surface area contributed by atoms with Crippen LogP contribution in [0, 0.1) is 44.1 Å². The number of nitrogens with zero attached hydrogens (tertiary/aromatic N) is 2. The topological polar surface area (TPSA) is 49.6 Å². The van der Waals surface area contributed by atoms with Gasteiger partial charge in [-0.2, -0.15) is 0 Å². The van der Waals surface area contributed by atoms with E-state index in [0.29, 0.717) is 0 Å². The SMILES string of the molecule is [Ac].[NH-][C@@H]1CCCc2nccnc21. The van der Waals surface area contributed by atoms with Crippen LogP contribution in [0.5, 0.6) is 0 Å². The Morgan fingerprint density at radius 3 is 2.83 bits per heavy atom. The fraction of sp³-hybridized carbons (Fsp3) is 0.500. The van der Waals surface area contributed by atoms with E-state index in [2.05, 4.69) is 9.97 Å². The number of hydrogen-bond donors (Lipinski definition) is 0. The van der Waals surface area contributed by atoms with Gasteiger partial charge in [-0.15, -0.1) is 0 Å². The third kappa shape index (κ3) is 2.04. The molecule has 0 saturated carbocycles. The van der Waals surface area contributed by atoms with Gasteiger partial charge in [0.2, 0.25) is 0 Å². The summed E-state index contributed by atoms with van der Waals surface area (Å²) < 4.78 is 0. The second-order valence-electron chi connectivity index (χ2n) is 2.83. The number of nitrogens with one attached hydrogen (secondary N) is 1. The van der Waals surface area contributed by atoms with Crippen molar-refractivity contribution in [2.24, 2.45) is 0 Å². The van der Waals surface area contributed by atoms with Crippen LogP contribution in [-0.4, -0.2) is 9.97 Å². The van der Waals surface area contributed by atoms with Crippen LogP contribution in [0.1, 0.15) is 30.3 Å². The van der Waals surface area contributed by atoms with E-state index in [-0.39, 0.29) is 50.1 Å². The molecule has 0 aliphatic heterocycles.